The fourth-order valence-electron chi connectivity index (χ4n) is 3.18. The molecule has 0 saturated heterocycles. The van der Waals surface area contributed by atoms with Gasteiger partial charge in [-0.25, -0.2) is 9.78 Å². The topological polar surface area (TPSA) is 80.3 Å². The molecule has 0 radical (unpaired) electrons. The summed E-state index contributed by atoms with van der Waals surface area (Å²) in [5.74, 6) is -0.152. The zero-order valence-corrected chi connectivity index (χ0v) is 15.4. The van der Waals surface area contributed by atoms with Gasteiger partial charge in [-0.15, -0.1) is 11.3 Å². The molecule has 1 aliphatic rings. The van der Waals surface area contributed by atoms with E-state index in [1.165, 1.54) is 40.7 Å². The van der Waals surface area contributed by atoms with E-state index in [4.69, 9.17) is 0 Å². The first kappa shape index (κ1) is 17.2. The van der Waals surface area contributed by atoms with Crippen molar-refractivity contribution < 1.29 is 14.3 Å². The Labute approximate surface area is 160 Å². The molecule has 1 aromatic heterocycles. The largest absolute Gasteiger partial charge is 0.453 e. The molecule has 6 nitrogen and oxygen atoms in total. The summed E-state index contributed by atoms with van der Waals surface area (Å²) in [4.78, 5) is 27.7. The quantitative estimate of drug-likeness (QED) is 0.560. The standard InChI is InChI=1S/C20H17N3O3S/c1-26-20(25)23-19-22-15(11-27-19)10-18(24)21-14-6-7-17-13(9-14)8-12-4-2-3-5-16(12)17/h2-7,9,11H,8,10H2,1H3,(H,21,24)(H,22,23,25). The van der Waals surface area contributed by atoms with Gasteiger partial charge in [0.2, 0.25) is 5.91 Å². The number of hydrogen-bond donors (Lipinski definition) is 2. The molecule has 3 aromatic rings. The molecule has 0 fully saturated rings. The van der Waals surface area contributed by atoms with E-state index < -0.39 is 6.09 Å². The van der Waals surface area contributed by atoms with E-state index in [0.717, 1.165) is 12.1 Å². The molecular weight excluding hydrogens is 362 g/mol. The molecule has 0 bridgehead atoms. The Morgan fingerprint density at radius 1 is 1.11 bits per heavy atom. The van der Waals surface area contributed by atoms with Crippen LogP contribution in [0.5, 0.6) is 0 Å². The van der Waals surface area contributed by atoms with E-state index in [2.05, 4.69) is 38.6 Å². The van der Waals surface area contributed by atoms with Crippen molar-refractivity contribution in [3.63, 3.8) is 0 Å². The van der Waals surface area contributed by atoms with Crippen molar-refractivity contribution in [3.8, 4) is 11.1 Å². The van der Waals surface area contributed by atoms with E-state index >= 15 is 0 Å². The van der Waals surface area contributed by atoms with E-state index in [-0.39, 0.29) is 12.3 Å². The first-order valence-corrected chi connectivity index (χ1v) is 9.31. The zero-order valence-electron chi connectivity index (χ0n) is 14.6. The Morgan fingerprint density at radius 3 is 2.78 bits per heavy atom. The summed E-state index contributed by atoms with van der Waals surface area (Å²) in [6, 6.07) is 14.4. The Kier molecular flexibility index (Phi) is 4.60. The number of benzene rings is 2. The van der Waals surface area contributed by atoms with E-state index in [1.54, 1.807) is 5.38 Å². The Balaban J connectivity index is 1.41. The average Bonchev–Trinajstić information content (AvgIpc) is 3.24. The summed E-state index contributed by atoms with van der Waals surface area (Å²) < 4.78 is 4.52. The molecule has 0 unspecified atom stereocenters. The van der Waals surface area contributed by atoms with Gasteiger partial charge in [0.25, 0.3) is 0 Å². The molecule has 2 N–H and O–H groups in total. The van der Waals surface area contributed by atoms with Crippen LogP contribution in [-0.2, 0) is 22.4 Å². The molecule has 1 aliphatic carbocycles. The highest BCUT2D eigenvalue weighted by molar-refractivity contribution is 7.13. The lowest BCUT2D eigenvalue weighted by Gasteiger charge is -2.07. The fraction of sp³-hybridized carbons (Fsp3) is 0.150. The van der Waals surface area contributed by atoms with Crippen molar-refractivity contribution in [2.24, 2.45) is 0 Å². The van der Waals surface area contributed by atoms with Gasteiger partial charge in [0, 0.05) is 11.1 Å². The zero-order chi connectivity index (χ0) is 18.8. The summed E-state index contributed by atoms with van der Waals surface area (Å²) in [6.45, 7) is 0. The first-order valence-electron chi connectivity index (χ1n) is 8.43. The van der Waals surface area contributed by atoms with Crippen molar-refractivity contribution >= 4 is 34.2 Å². The molecule has 7 heteroatoms. The molecule has 4 rings (SSSR count). The number of thiazole rings is 1. The number of hydrogen-bond acceptors (Lipinski definition) is 5. The first-order chi connectivity index (χ1) is 13.1. The number of amides is 2. The third-order valence-electron chi connectivity index (χ3n) is 4.37. The van der Waals surface area contributed by atoms with Crippen molar-refractivity contribution in [1.82, 2.24) is 4.98 Å². The highest BCUT2D eigenvalue weighted by Crippen LogP contribution is 2.37. The number of nitrogens with one attached hydrogen (secondary N) is 2. The lowest BCUT2D eigenvalue weighted by Crippen LogP contribution is -2.15. The molecule has 0 spiro atoms. The Bertz CT molecular complexity index is 1030. The summed E-state index contributed by atoms with van der Waals surface area (Å²) in [5.41, 5.74) is 6.38. The van der Waals surface area contributed by atoms with Crippen molar-refractivity contribution in [3.05, 3.63) is 64.7 Å². The van der Waals surface area contributed by atoms with Crippen LogP contribution in [0.2, 0.25) is 0 Å². The predicted molar refractivity (Wildman–Crippen MR) is 105 cm³/mol. The highest BCUT2D eigenvalue weighted by Gasteiger charge is 2.18. The second-order valence-corrected chi connectivity index (χ2v) is 7.05. The lowest BCUT2D eigenvalue weighted by molar-refractivity contribution is -0.115. The van der Waals surface area contributed by atoms with E-state index in [0.29, 0.717) is 10.8 Å². The molecule has 0 saturated carbocycles. The third kappa shape index (κ3) is 3.68. The van der Waals surface area contributed by atoms with E-state index in [1.807, 2.05) is 24.3 Å². The van der Waals surface area contributed by atoms with Gasteiger partial charge in [0.1, 0.15) is 0 Å². The fourth-order valence-corrected chi connectivity index (χ4v) is 3.87. The third-order valence-corrected chi connectivity index (χ3v) is 5.17. The molecule has 0 atom stereocenters. The summed E-state index contributed by atoms with van der Waals surface area (Å²) in [7, 11) is 1.28. The van der Waals surface area contributed by atoms with Gasteiger partial charge in [-0.05, 0) is 40.8 Å². The van der Waals surface area contributed by atoms with E-state index in [9.17, 15) is 9.59 Å². The number of carbonyl (C=O) groups is 2. The van der Waals surface area contributed by atoms with Crippen molar-refractivity contribution in [2.75, 3.05) is 17.7 Å². The Hall–Kier alpha value is -3.19. The highest BCUT2D eigenvalue weighted by atomic mass is 32.1. The summed E-state index contributed by atoms with van der Waals surface area (Å²) >= 11 is 1.25. The average molecular weight is 379 g/mol. The predicted octanol–water partition coefficient (Wildman–Crippen LogP) is 4.07. The van der Waals surface area contributed by atoms with Gasteiger partial charge < -0.3 is 10.1 Å². The van der Waals surface area contributed by atoms with Crippen LogP contribution in [-0.4, -0.2) is 24.1 Å². The smallest absolute Gasteiger partial charge is 0.413 e. The normalized spacial score (nSPS) is 11.4. The molecular formula is C20H17N3O3S. The number of ether oxygens (including phenoxy) is 1. The van der Waals surface area contributed by atoms with Gasteiger partial charge in [-0.1, -0.05) is 30.3 Å². The van der Waals surface area contributed by atoms with Gasteiger partial charge in [-0.2, -0.15) is 0 Å². The molecule has 136 valence electrons. The van der Waals surface area contributed by atoms with Crippen molar-refractivity contribution in [1.29, 1.82) is 0 Å². The maximum Gasteiger partial charge on any atom is 0.413 e. The maximum atomic E-state index is 12.3. The summed E-state index contributed by atoms with van der Waals surface area (Å²) in [6.07, 6.45) is 0.431. The number of rotatable bonds is 4. The molecule has 1 heterocycles. The molecule has 2 aromatic carbocycles. The number of nitrogens with zero attached hydrogens (tertiary/aromatic N) is 1. The van der Waals surface area contributed by atoms with Crippen LogP contribution in [0.25, 0.3) is 11.1 Å². The number of aromatic nitrogens is 1. The number of anilines is 2. The van der Waals surface area contributed by atoms with Crippen LogP contribution in [0, 0.1) is 0 Å². The van der Waals surface area contributed by atoms with Crippen LogP contribution < -0.4 is 10.6 Å². The number of carbonyl (C=O) groups excluding carboxylic acids is 2. The maximum absolute atomic E-state index is 12.3. The van der Waals surface area contributed by atoms with Crippen LogP contribution in [0.15, 0.2) is 47.8 Å². The van der Waals surface area contributed by atoms with Gasteiger partial charge in [0.05, 0.1) is 19.2 Å². The molecule has 27 heavy (non-hydrogen) atoms. The monoisotopic (exact) mass is 379 g/mol. The molecule has 0 aliphatic heterocycles. The van der Waals surface area contributed by atoms with Crippen LogP contribution >= 0.6 is 11.3 Å². The number of fused-ring (bicyclic) bond motifs is 3. The van der Waals surface area contributed by atoms with Crippen molar-refractivity contribution in [2.45, 2.75) is 12.8 Å². The SMILES string of the molecule is COC(=O)Nc1nc(CC(=O)Nc2ccc3c(c2)Cc2ccccc2-3)cs1. The minimum Gasteiger partial charge on any atom is -0.453 e. The molecule has 2 amide bonds. The van der Waals surface area contributed by atoms with Gasteiger partial charge in [-0.3, -0.25) is 10.1 Å². The van der Waals surface area contributed by atoms with Crippen LogP contribution in [0.3, 0.4) is 0 Å². The Morgan fingerprint density at radius 2 is 1.93 bits per heavy atom. The van der Waals surface area contributed by atoms with Gasteiger partial charge >= 0.3 is 6.09 Å². The van der Waals surface area contributed by atoms with Crippen LogP contribution in [0.1, 0.15) is 16.8 Å². The summed E-state index contributed by atoms with van der Waals surface area (Å²) in [5, 5.41) is 7.55. The number of methoxy groups -OCH3 is 1. The van der Waals surface area contributed by atoms with Crippen LogP contribution in [0.4, 0.5) is 15.6 Å². The minimum absolute atomic E-state index is 0.136. The minimum atomic E-state index is -0.584. The van der Waals surface area contributed by atoms with Gasteiger partial charge in [0.15, 0.2) is 5.13 Å². The second-order valence-electron chi connectivity index (χ2n) is 6.19. The lowest BCUT2D eigenvalue weighted by atomic mass is 10.1. The second kappa shape index (κ2) is 7.20.